The van der Waals surface area contributed by atoms with Gasteiger partial charge in [0.15, 0.2) is 0 Å². The number of aryl methyl sites for hydroxylation is 1. The summed E-state index contributed by atoms with van der Waals surface area (Å²) in [6, 6.07) is 9.30. The number of hydrogen-bond acceptors (Lipinski definition) is 6. The highest BCUT2D eigenvalue weighted by Crippen LogP contribution is 2.33. The fourth-order valence-corrected chi connectivity index (χ4v) is 5.13. The van der Waals surface area contributed by atoms with Crippen LogP contribution in [-0.2, 0) is 21.2 Å². The molecule has 0 aromatic heterocycles. The average molecular weight is 447 g/mol. The van der Waals surface area contributed by atoms with Crippen molar-refractivity contribution in [1.82, 2.24) is 4.31 Å². The normalized spacial score (nSPS) is 14.6. The van der Waals surface area contributed by atoms with E-state index in [0.717, 1.165) is 22.9 Å². The molecule has 2 aromatic carbocycles. The van der Waals surface area contributed by atoms with Gasteiger partial charge < -0.3 is 10.6 Å². The Kier molecular flexibility index (Phi) is 6.61. The van der Waals surface area contributed by atoms with Crippen molar-refractivity contribution in [1.29, 1.82) is 0 Å². The van der Waals surface area contributed by atoms with E-state index in [4.69, 9.17) is 0 Å². The average Bonchev–Trinajstić information content (AvgIpc) is 2.73. The zero-order chi connectivity index (χ0) is 22.8. The molecule has 0 radical (unpaired) electrons. The minimum absolute atomic E-state index is 0.0122. The summed E-state index contributed by atoms with van der Waals surface area (Å²) in [5, 5.41) is 17.6. The van der Waals surface area contributed by atoms with Crippen molar-refractivity contribution in [2.24, 2.45) is 0 Å². The van der Waals surface area contributed by atoms with Crippen molar-refractivity contribution in [3.8, 4) is 0 Å². The highest BCUT2D eigenvalue weighted by atomic mass is 32.2. The largest absolute Gasteiger partial charge is 0.373 e. The molecule has 3 rings (SSSR count). The molecule has 10 heteroatoms. The zero-order valence-corrected chi connectivity index (χ0v) is 18.5. The summed E-state index contributed by atoms with van der Waals surface area (Å²) in [6.45, 7) is 5.87. The number of nitro benzene ring substituents is 1. The molecule has 0 fully saturated rings. The number of benzene rings is 2. The van der Waals surface area contributed by atoms with Crippen molar-refractivity contribution in [3.63, 3.8) is 0 Å². The van der Waals surface area contributed by atoms with Gasteiger partial charge >= 0.3 is 0 Å². The molecule has 0 saturated carbocycles. The van der Waals surface area contributed by atoms with Crippen LogP contribution in [0.25, 0.3) is 0 Å². The first-order chi connectivity index (χ1) is 14.7. The van der Waals surface area contributed by atoms with Gasteiger partial charge in [0.25, 0.3) is 5.69 Å². The van der Waals surface area contributed by atoms with E-state index in [0.29, 0.717) is 12.8 Å². The number of fused-ring (bicyclic) bond motifs is 1. The van der Waals surface area contributed by atoms with Crippen LogP contribution in [0, 0.1) is 10.1 Å². The molecule has 0 bridgehead atoms. The van der Waals surface area contributed by atoms with E-state index in [2.05, 4.69) is 10.6 Å². The van der Waals surface area contributed by atoms with Crippen LogP contribution < -0.4 is 10.6 Å². The molecular formula is C21H26N4O5S. The first-order valence-corrected chi connectivity index (χ1v) is 11.6. The van der Waals surface area contributed by atoms with Gasteiger partial charge in [0.05, 0.1) is 9.82 Å². The summed E-state index contributed by atoms with van der Waals surface area (Å²) >= 11 is 0. The molecule has 9 nitrogen and oxygen atoms in total. The third-order valence-electron chi connectivity index (χ3n) is 5.41. The van der Waals surface area contributed by atoms with Crippen molar-refractivity contribution in [2.45, 2.75) is 44.6 Å². The Morgan fingerprint density at radius 3 is 2.52 bits per heavy atom. The minimum Gasteiger partial charge on any atom is -0.373 e. The fraction of sp³-hybridized carbons (Fsp3) is 0.381. The lowest BCUT2D eigenvalue weighted by molar-refractivity contribution is -0.384. The highest BCUT2D eigenvalue weighted by Gasteiger charge is 2.26. The predicted molar refractivity (Wildman–Crippen MR) is 119 cm³/mol. The van der Waals surface area contributed by atoms with Crippen LogP contribution in [0.2, 0.25) is 0 Å². The Balaban J connectivity index is 1.89. The number of nitrogens with one attached hydrogen (secondary N) is 2. The van der Waals surface area contributed by atoms with Gasteiger partial charge in [-0.3, -0.25) is 14.9 Å². The van der Waals surface area contributed by atoms with E-state index in [-0.39, 0.29) is 41.3 Å². The Hall–Kier alpha value is -2.98. The number of nitrogens with zero attached hydrogens (tertiary/aromatic N) is 2. The van der Waals surface area contributed by atoms with Crippen molar-refractivity contribution in [2.75, 3.05) is 23.7 Å². The quantitative estimate of drug-likeness (QED) is 0.471. The number of carbonyl (C=O) groups excluding carboxylic acids is 1. The Morgan fingerprint density at radius 2 is 1.87 bits per heavy atom. The van der Waals surface area contributed by atoms with Crippen LogP contribution in [-0.4, -0.2) is 36.6 Å². The lowest BCUT2D eigenvalue weighted by Gasteiger charge is -2.21. The maximum Gasteiger partial charge on any atom is 0.293 e. The van der Waals surface area contributed by atoms with Gasteiger partial charge in [-0.2, -0.15) is 4.31 Å². The van der Waals surface area contributed by atoms with Gasteiger partial charge in [0, 0.05) is 37.3 Å². The lowest BCUT2D eigenvalue weighted by atomic mass is 9.97. The number of amides is 1. The lowest BCUT2D eigenvalue weighted by Crippen LogP contribution is -2.30. The number of rotatable bonds is 8. The third-order valence-corrected chi connectivity index (χ3v) is 7.45. The van der Waals surface area contributed by atoms with Crippen LogP contribution >= 0.6 is 0 Å². The summed E-state index contributed by atoms with van der Waals surface area (Å²) < 4.78 is 26.7. The summed E-state index contributed by atoms with van der Waals surface area (Å²) in [4.78, 5) is 22.5. The molecule has 2 N–H and O–H groups in total. The Bertz CT molecular complexity index is 1110. The zero-order valence-electron chi connectivity index (χ0n) is 17.7. The molecule has 166 valence electrons. The van der Waals surface area contributed by atoms with E-state index >= 15 is 0 Å². The number of carbonyl (C=O) groups is 1. The Labute approximate surface area is 181 Å². The number of sulfonamides is 1. The van der Waals surface area contributed by atoms with E-state index < -0.39 is 14.9 Å². The molecule has 1 aliphatic rings. The van der Waals surface area contributed by atoms with E-state index in [9.17, 15) is 23.3 Å². The first-order valence-electron chi connectivity index (χ1n) is 10.1. The van der Waals surface area contributed by atoms with Gasteiger partial charge in [0.2, 0.25) is 15.9 Å². The van der Waals surface area contributed by atoms with Crippen molar-refractivity contribution < 1.29 is 18.1 Å². The van der Waals surface area contributed by atoms with Crippen molar-refractivity contribution >= 4 is 33.0 Å². The number of hydrogen-bond donors (Lipinski definition) is 2. The van der Waals surface area contributed by atoms with Crippen LogP contribution in [0.4, 0.5) is 17.1 Å². The van der Waals surface area contributed by atoms with Crippen molar-refractivity contribution in [3.05, 3.63) is 57.6 Å². The first kappa shape index (κ1) is 22.7. The molecule has 2 aromatic rings. The molecule has 0 aliphatic carbocycles. The van der Waals surface area contributed by atoms with Gasteiger partial charge in [-0.15, -0.1) is 0 Å². The van der Waals surface area contributed by atoms with Crippen LogP contribution in [0.3, 0.4) is 0 Å². The molecule has 0 unspecified atom stereocenters. The Morgan fingerprint density at radius 1 is 1.16 bits per heavy atom. The summed E-state index contributed by atoms with van der Waals surface area (Å²) in [7, 11) is -3.80. The van der Waals surface area contributed by atoms with Gasteiger partial charge in [-0.1, -0.05) is 26.0 Å². The summed E-state index contributed by atoms with van der Waals surface area (Å²) in [5.41, 5.74) is 2.64. The maximum atomic E-state index is 12.7. The molecule has 0 saturated heterocycles. The third kappa shape index (κ3) is 4.70. The standard InChI is InChI=1S/C21H26N4O5S/c1-4-24(5-2)31(29,30)17-8-10-19(20(13-17)25(27)28)22-14(3)15-6-9-18-16(12-15)7-11-21(26)23-18/h6,8-10,12-14,22H,4-5,7,11H2,1-3H3,(H,23,26)/t14-/m0/s1. The smallest absolute Gasteiger partial charge is 0.293 e. The maximum absolute atomic E-state index is 12.7. The topological polar surface area (TPSA) is 122 Å². The molecule has 1 amide bonds. The molecule has 31 heavy (non-hydrogen) atoms. The summed E-state index contributed by atoms with van der Waals surface area (Å²) in [6.07, 6.45) is 1.06. The second-order valence-electron chi connectivity index (χ2n) is 7.36. The molecular weight excluding hydrogens is 420 g/mol. The minimum atomic E-state index is -3.80. The molecule has 1 atom stereocenters. The monoisotopic (exact) mass is 446 g/mol. The van der Waals surface area contributed by atoms with Gasteiger partial charge in [-0.25, -0.2) is 8.42 Å². The molecule has 0 spiro atoms. The van der Waals surface area contributed by atoms with Crippen LogP contribution in [0.1, 0.15) is 44.4 Å². The molecule has 1 aliphatic heterocycles. The number of nitro groups is 1. The highest BCUT2D eigenvalue weighted by molar-refractivity contribution is 7.89. The molecule has 1 heterocycles. The van der Waals surface area contributed by atoms with Gasteiger partial charge in [-0.05, 0) is 42.7 Å². The van der Waals surface area contributed by atoms with Crippen LogP contribution in [0.15, 0.2) is 41.3 Å². The van der Waals surface area contributed by atoms with E-state index in [1.807, 2.05) is 25.1 Å². The fourth-order valence-electron chi connectivity index (χ4n) is 3.65. The number of anilines is 2. The van der Waals surface area contributed by atoms with E-state index in [1.54, 1.807) is 13.8 Å². The van der Waals surface area contributed by atoms with Crippen LogP contribution in [0.5, 0.6) is 0 Å². The predicted octanol–water partition coefficient (Wildman–Crippen LogP) is 3.68. The second kappa shape index (κ2) is 9.03. The van der Waals surface area contributed by atoms with Gasteiger partial charge in [0.1, 0.15) is 5.69 Å². The SMILES string of the molecule is CCN(CC)S(=O)(=O)c1ccc(N[C@@H](C)c2ccc3c(c2)CCC(=O)N3)c([N+](=O)[O-])c1. The second-order valence-corrected chi connectivity index (χ2v) is 9.29. The summed E-state index contributed by atoms with van der Waals surface area (Å²) in [5.74, 6) is -0.0122. The van der Waals surface area contributed by atoms with E-state index in [1.165, 1.54) is 16.4 Å².